The Balaban J connectivity index is 2.18. The van der Waals surface area contributed by atoms with E-state index in [9.17, 15) is 9.59 Å². The number of nitrogens with one attached hydrogen (secondary N) is 1. The van der Waals surface area contributed by atoms with Gasteiger partial charge in [-0.1, -0.05) is 0 Å². The second-order valence-corrected chi connectivity index (χ2v) is 3.80. The van der Waals surface area contributed by atoms with Gasteiger partial charge < -0.3 is 15.2 Å². The van der Waals surface area contributed by atoms with Crippen LogP contribution in [0.2, 0.25) is 0 Å². The van der Waals surface area contributed by atoms with Gasteiger partial charge in [-0.25, -0.2) is 0 Å². The Morgan fingerprint density at radius 2 is 2.20 bits per heavy atom. The molecule has 1 aliphatic rings. The van der Waals surface area contributed by atoms with Crippen LogP contribution in [0.3, 0.4) is 0 Å². The van der Waals surface area contributed by atoms with Crippen molar-refractivity contribution >= 4 is 11.9 Å². The van der Waals surface area contributed by atoms with Crippen molar-refractivity contribution in [3.8, 4) is 0 Å². The van der Waals surface area contributed by atoms with Crippen LogP contribution in [-0.2, 0) is 14.3 Å². The Morgan fingerprint density at radius 3 is 2.67 bits per heavy atom. The minimum absolute atomic E-state index is 0.0269. The fraction of sp³-hybridized carbons (Fsp3) is 0.800. The lowest BCUT2D eigenvalue weighted by Crippen LogP contribution is -2.33. The lowest BCUT2D eigenvalue weighted by atomic mass is 10.3. The molecular formula is C10H17NO4. The summed E-state index contributed by atoms with van der Waals surface area (Å²) in [7, 11) is 0. The first-order valence-corrected chi connectivity index (χ1v) is 5.18. The number of carboxylic acid groups (broad SMARTS) is 1. The third kappa shape index (κ3) is 3.51. The van der Waals surface area contributed by atoms with E-state index in [-0.39, 0.29) is 17.9 Å². The number of ether oxygens (including phenoxy) is 1. The Bertz CT molecular complexity index is 254. The maximum absolute atomic E-state index is 11.4. The summed E-state index contributed by atoms with van der Waals surface area (Å²) in [6.07, 6.45) is 0.436. The molecule has 2 N–H and O–H groups in total. The average Bonchev–Trinajstić information content (AvgIpc) is 2.94. The highest BCUT2D eigenvalue weighted by molar-refractivity contribution is 5.89. The van der Waals surface area contributed by atoms with Crippen LogP contribution in [0.1, 0.15) is 20.3 Å². The number of rotatable bonds is 6. The smallest absolute Gasteiger partial charge is 0.307 e. The van der Waals surface area contributed by atoms with Crippen LogP contribution in [0, 0.1) is 11.8 Å². The van der Waals surface area contributed by atoms with Crippen molar-refractivity contribution in [1.29, 1.82) is 0 Å². The number of carboxylic acids is 1. The molecule has 1 saturated carbocycles. The lowest BCUT2D eigenvalue weighted by molar-refractivity contribution is -0.140. The summed E-state index contributed by atoms with van der Waals surface area (Å²) in [5, 5.41) is 11.3. The van der Waals surface area contributed by atoms with Crippen LogP contribution in [0.25, 0.3) is 0 Å². The number of amides is 1. The topological polar surface area (TPSA) is 75.6 Å². The van der Waals surface area contributed by atoms with Crippen molar-refractivity contribution in [2.45, 2.75) is 26.4 Å². The van der Waals surface area contributed by atoms with Gasteiger partial charge in [-0.15, -0.1) is 0 Å². The zero-order chi connectivity index (χ0) is 11.4. The highest BCUT2D eigenvalue weighted by Gasteiger charge is 2.48. The summed E-state index contributed by atoms with van der Waals surface area (Å²) in [4.78, 5) is 21.9. The van der Waals surface area contributed by atoms with Crippen molar-refractivity contribution in [3.63, 3.8) is 0 Å². The average molecular weight is 215 g/mol. The van der Waals surface area contributed by atoms with Crippen molar-refractivity contribution in [3.05, 3.63) is 0 Å². The number of hydrogen-bond acceptors (Lipinski definition) is 3. The van der Waals surface area contributed by atoms with Crippen LogP contribution in [0.4, 0.5) is 0 Å². The molecule has 5 heteroatoms. The molecule has 1 amide bonds. The van der Waals surface area contributed by atoms with Gasteiger partial charge >= 0.3 is 5.97 Å². The maximum Gasteiger partial charge on any atom is 0.307 e. The zero-order valence-corrected chi connectivity index (χ0v) is 9.03. The summed E-state index contributed by atoms with van der Waals surface area (Å²) in [5.41, 5.74) is 0. The summed E-state index contributed by atoms with van der Waals surface area (Å²) in [6, 6.07) is 0. The molecule has 0 aromatic carbocycles. The summed E-state index contributed by atoms with van der Waals surface area (Å²) < 4.78 is 5.24. The van der Waals surface area contributed by atoms with Gasteiger partial charge in [0, 0.05) is 13.2 Å². The van der Waals surface area contributed by atoms with E-state index in [1.54, 1.807) is 0 Å². The van der Waals surface area contributed by atoms with E-state index in [4.69, 9.17) is 9.84 Å². The van der Waals surface area contributed by atoms with Crippen molar-refractivity contribution in [2.75, 3.05) is 13.2 Å². The predicted octanol–water partition coefficient (Wildman–Crippen LogP) is 0.248. The molecule has 3 atom stereocenters. The molecule has 0 radical (unpaired) electrons. The van der Waals surface area contributed by atoms with Gasteiger partial charge in [-0.05, 0) is 20.3 Å². The van der Waals surface area contributed by atoms with Crippen molar-refractivity contribution in [1.82, 2.24) is 5.32 Å². The highest BCUT2D eigenvalue weighted by atomic mass is 16.5. The van der Waals surface area contributed by atoms with Gasteiger partial charge in [0.15, 0.2) is 0 Å². The van der Waals surface area contributed by atoms with E-state index in [1.807, 2.05) is 13.8 Å². The largest absolute Gasteiger partial charge is 0.481 e. The monoisotopic (exact) mass is 215 g/mol. The molecule has 15 heavy (non-hydrogen) atoms. The molecule has 1 rings (SSSR count). The molecule has 0 spiro atoms. The molecule has 1 fully saturated rings. The molecule has 1 aliphatic carbocycles. The van der Waals surface area contributed by atoms with E-state index in [0.717, 1.165) is 0 Å². The first-order valence-electron chi connectivity index (χ1n) is 5.18. The molecule has 0 bridgehead atoms. The maximum atomic E-state index is 11.4. The second-order valence-electron chi connectivity index (χ2n) is 3.80. The van der Waals surface area contributed by atoms with Crippen LogP contribution < -0.4 is 5.32 Å². The highest BCUT2D eigenvalue weighted by Crippen LogP contribution is 2.38. The molecule has 86 valence electrons. The van der Waals surface area contributed by atoms with Gasteiger partial charge in [0.2, 0.25) is 5.91 Å². The molecule has 3 unspecified atom stereocenters. The summed E-state index contributed by atoms with van der Waals surface area (Å²) in [5.74, 6) is -1.87. The van der Waals surface area contributed by atoms with Crippen molar-refractivity contribution in [2.24, 2.45) is 11.8 Å². The normalized spacial score (nSPS) is 25.7. The van der Waals surface area contributed by atoms with E-state index in [0.29, 0.717) is 19.6 Å². The van der Waals surface area contributed by atoms with Gasteiger partial charge in [-0.3, -0.25) is 9.59 Å². The summed E-state index contributed by atoms with van der Waals surface area (Å²) >= 11 is 0. The van der Waals surface area contributed by atoms with E-state index < -0.39 is 11.9 Å². The molecule has 0 saturated heterocycles. The fourth-order valence-electron chi connectivity index (χ4n) is 1.48. The molecule has 0 heterocycles. The Kier molecular flexibility index (Phi) is 4.08. The zero-order valence-electron chi connectivity index (χ0n) is 9.03. The minimum atomic E-state index is -0.881. The third-order valence-corrected chi connectivity index (χ3v) is 2.46. The Morgan fingerprint density at radius 1 is 1.53 bits per heavy atom. The number of aliphatic carboxylic acids is 1. The predicted molar refractivity (Wildman–Crippen MR) is 53.3 cm³/mol. The quantitative estimate of drug-likeness (QED) is 0.666. The van der Waals surface area contributed by atoms with Crippen LogP contribution in [0.15, 0.2) is 0 Å². The van der Waals surface area contributed by atoms with Gasteiger partial charge in [0.25, 0.3) is 0 Å². The summed E-state index contributed by atoms with van der Waals surface area (Å²) in [6.45, 7) is 4.80. The molecular weight excluding hydrogens is 198 g/mol. The minimum Gasteiger partial charge on any atom is -0.481 e. The van der Waals surface area contributed by atoms with Gasteiger partial charge in [0.1, 0.15) is 0 Å². The molecule has 0 aromatic rings. The first-order chi connectivity index (χ1) is 7.06. The van der Waals surface area contributed by atoms with E-state index in [1.165, 1.54) is 0 Å². The Hall–Kier alpha value is -1.10. The Labute approximate surface area is 88.8 Å². The number of carbonyl (C=O) groups excluding carboxylic acids is 1. The van der Waals surface area contributed by atoms with Crippen LogP contribution in [0.5, 0.6) is 0 Å². The van der Waals surface area contributed by atoms with E-state index >= 15 is 0 Å². The van der Waals surface area contributed by atoms with Crippen molar-refractivity contribution < 1.29 is 19.4 Å². The standard InChI is InChI=1S/C10H17NO4/c1-3-15-6(2)5-11-9(12)7-4-8(7)10(13)14/h6-8H,3-5H2,1-2H3,(H,11,12)(H,13,14). The number of hydrogen-bond donors (Lipinski definition) is 2. The van der Waals surface area contributed by atoms with Crippen LogP contribution in [-0.4, -0.2) is 36.2 Å². The SMILES string of the molecule is CCOC(C)CNC(=O)C1CC1C(=O)O. The second kappa shape index (κ2) is 5.11. The molecule has 0 aromatic heterocycles. The lowest BCUT2D eigenvalue weighted by Gasteiger charge is -2.12. The van der Waals surface area contributed by atoms with Gasteiger partial charge in [0.05, 0.1) is 17.9 Å². The number of carbonyl (C=O) groups is 2. The fourth-order valence-corrected chi connectivity index (χ4v) is 1.48. The molecule has 0 aliphatic heterocycles. The van der Waals surface area contributed by atoms with E-state index in [2.05, 4.69) is 5.32 Å². The third-order valence-electron chi connectivity index (χ3n) is 2.46. The van der Waals surface area contributed by atoms with Crippen LogP contribution >= 0.6 is 0 Å². The molecule has 5 nitrogen and oxygen atoms in total. The van der Waals surface area contributed by atoms with Gasteiger partial charge in [-0.2, -0.15) is 0 Å². The first kappa shape index (κ1) is 12.0.